The monoisotopic (exact) mass is 386 g/mol. The summed E-state index contributed by atoms with van der Waals surface area (Å²) in [5.41, 5.74) is 2.92. The molecule has 0 aliphatic rings. The number of hydrogen-bond donors (Lipinski definition) is 2. The van der Waals surface area contributed by atoms with Gasteiger partial charge in [-0.1, -0.05) is 35.9 Å². The fourth-order valence-electron chi connectivity index (χ4n) is 2.54. The van der Waals surface area contributed by atoms with E-state index in [1.807, 2.05) is 49.4 Å². The van der Waals surface area contributed by atoms with Crippen molar-refractivity contribution in [2.45, 2.75) is 19.9 Å². The molecule has 0 radical (unpaired) electrons. The van der Waals surface area contributed by atoms with Gasteiger partial charge in [0.05, 0.1) is 6.54 Å². The highest BCUT2D eigenvalue weighted by molar-refractivity contribution is 6.30. The van der Waals surface area contributed by atoms with Gasteiger partial charge in [-0.25, -0.2) is 4.99 Å². The van der Waals surface area contributed by atoms with Crippen LogP contribution in [0.4, 0.5) is 0 Å². The number of hydrogen-bond acceptors (Lipinski definition) is 2. The molecule has 0 saturated heterocycles. The molecule has 0 aromatic heterocycles. The Labute approximate surface area is 166 Å². The molecule has 0 heterocycles. The lowest BCUT2D eigenvalue weighted by Crippen LogP contribution is -2.38. The molecule has 2 rings (SSSR count). The van der Waals surface area contributed by atoms with E-state index >= 15 is 0 Å². The summed E-state index contributed by atoms with van der Waals surface area (Å²) in [5.74, 6) is 0.772. The lowest BCUT2D eigenvalue weighted by atomic mass is 10.1. The molecule has 0 saturated carbocycles. The molecule has 1 amide bonds. The summed E-state index contributed by atoms with van der Waals surface area (Å²) in [6.45, 7) is 4.14. The van der Waals surface area contributed by atoms with Crippen molar-refractivity contribution < 1.29 is 4.79 Å². The fourth-order valence-corrected chi connectivity index (χ4v) is 2.75. The van der Waals surface area contributed by atoms with Gasteiger partial charge in [0, 0.05) is 37.8 Å². The highest BCUT2D eigenvalue weighted by atomic mass is 35.5. The molecule has 144 valence electrons. The van der Waals surface area contributed by atoms with Gasteiger partial charge in [-0.3, -0.25) is 4.79 Å². The van der Waals surface area contributed by atoms with Crippen molar-refractivity contribution in [2.24, 2.45) is 4.99 Å². The topological polar surface area (TPSA) is 56.7 Å². The average molecular weight is 387 g/mol. The van der Waals surface area contributed by atoms with E-state index in [1.54, 1.807) is 19.0 Å². The van der Waals surface area contributed by atoms with Gasteiger partial charge >= 0.3 is 0 Å². The normalized spacial score (nSPS) is 11.2. The maximum atomic E-state index is 11.9. The number of rotatable bonds is 7. The molecule has 0 spiro atoms. The third-order valence-electron chi connectivity index (χ3n) is 3.97. The summed E-state index contributed by atoms with van der Waals surface area (Å²) in [6.07, 6.45) is 0.867. The zero-order chi connectivity index (χ0) is 19.6. The van der Waals surface area contributed by atoms with Gasteiger partial charge in [-0.2, -0.15) is 0 Å². The van der Waals surface area contributed by atoms with Gasteiger partial charge in [0.1, 0.15) is 0 Å². The van der Waals surface area contributed by atoms with Crippen LogP contribution in [0, 0.1) is 0 Å². The van der Waals surface area contributed by atoms with Gasteiger partial charge in [0.25, 0.3) is 5.91 Å². The zero-order valence-corrected chi connectivity index (χ0v) is 16.9. The van der Waals surface area contributed by atoms with Crippen LogP contribution >= 0.6 is 11.6 Å². The SMILES string of the molecule is CCNC(=NCc1ccc(C(=O)N(C)C)cc1)NCCc1cccc(Cl)c1. The van der Waals surface area contributed by atoms with Crippen LogP contribution in [-0.4, -0.2) is 44.0 Å². The van der Waals surface area contributed by atoms with Crippen molar-refractivity contribution in [1.29, 1.82) is 0 Å². The lowest BCUT2D eigenvalue weighted by Gasteiger charge is -2.12. The van der Waals surface area contributed by atoms with Crippen LogP contribution in [0.1, 0.15) is 28.4 Å². The molecule has 2 aromatic carbocycles. The molecule has 0 bridgehead atoms. The molecule has 0 unspecified atom stereocenters. The number of nitrogens with zero attached hydrogens (tertiary/aromatic N) is 2. The van der Waals surface area contributed by atoms with Crippen LogP contribution in [0.25, 0.3) is 0 Å². The second-order valence-corrected chi connectivity index (χ2v) is 6.83. The average Bonchev–Trinajstić information content (AvgIpc) is 2.66. The van der Waals surface area contributed by atoms with Gasteiger partial charge in [-0.05, 0) is 48.7 Å². The van der Waals surface area contributed by atoms with Gasteiger partial charge in [0.2, 0.25) is 0 Å². The Morgan fingerprint density at radius 1 is 1.07 bits per heavy atom. The Kier molecular flexibility index (Phi) is 8.14. The summed E-state index contributed by atoms with van der Waals surface area (Å²) >= 11 is 6.02. The van der Waals surface area contributed by atoms with E-state index in [-0.39, 0.29) is 5.91 Å². The minimum atomic E-state index is 0.000993. The first kappa shape index (κ1) is 20.8. The van der Waals surface area contributed by atoms with E-state index in [2.05, 4.69) is 21.7 Å². The van der Waals surface area contributed by atoms with Crippen molar-refractivity contribution in [1.82, 2.24) is 15.5 Å². The first-order valence-electron chi connectivity index (χ1n) is 9.07. The summed E-state index contributed by atoms with van der Waals surface area (Å²) in [7, 11) is 3.50. The molecule has 2 aromatic rings. The first-order chi connectivity index (χ1) is 13.0. The zero-order valence-electron chi connectivity index (χ0n) is 16.1. The fraction of sp³-hybridized carbons (Fsp3) is 0.333. The van der Waals surface area contributed by atoms with E-state index < -0.39 is 0 Å². The minimum Gasteiger partial charge on any atom is -0.357 e. The second kappa shape index (κ2) is 10.6. The van der Waals surface area contributed by atoms with E-state index in [0.717, 1.165) is 36.1 Å². The van der Waals surface area contributed by atoms with Crippen molar-refractivity contribution in [3.8, 4) is 0 Å². The van der Waals surface area contributed by atoms with Crippen molar-refractivity contribution in [3.63, 3.8) is 0 Å². The molecular formula is C21H27ClN4O. The van der Waals surface area contributed by atoms with Gasteiger partial charge < -0.3 is 15.5 Å². The first-order valence-corrected chi connectivity index (χ1v) is 9.44. The maximum absolute atomic E-state index is 11.9. The molecule has 2 N–H and O–H groups in total. The van der Waals surface area contributed by atoms with Crippen LogP contribution in [0.3, 0.4) is 0 Å². The van der Waals surface area contributed by atoms with Crippen molar-refractivity contribution in [3.05, 3.63) is 70.2 Å². The predicted molar refractivity (Wildman–Crippen MR) is 112 cm³/mol. The molecule has 0 aliphatic heterocycles. The number of nitrogens with one attached hydrogen (secondary N) is 2. The van der Waals surface area contributed by atoms with Crippen molar-refractivity contribution in [2.75, 3.05) is 27.2 Å². The van der Waals surface area contributed by atoms with Crippen LogP contribution in [0.5, 0.6) is 0 Å². The number of amides is 1. The molecular weight excluding hydrogens is 360 g/mol. The Balaban J connectivity index is 1.91. The summed E-state index contributed by atoms with van der Waals surface area (Å²) in [4.78, 5) is 18.1. The van der Waals surface area contributed by atoms with Crippen LogP contribution < -0.4 is 10.6 Å². The van der Waals surface area contributed by atoms with E-state index in [1.165, 1.54) is 5.56 Å². The van der Waals surface area contributed by atoms with Crippen LogP contribution in [-0.2, 0) is 13.0 Å². The maximum Gasteiger partial charge on any atom is 0.253 e. The van der Waals surface area contributed by atoms with Gasteiger partial charge in [-0.15, -0.1) is 0 Å². The van der Waals surface area contributed by atoms with E-state index in [9.17, 15) is 4.79 Å². The van der Waals surface area contributed by atoms with E-state index in [4.69, 9.17) is 11.6 Å². The standard InChI is InChI=1S/C21H27ClN4O/c1-4-23-21(24-13-12-16-6-5-7-19(22)14-16)25-15-17-8-10-18(11-9-17)20(27)26(2)3/h5-11,14H,4,12-13,15H2,1-3H3,(H2,23,24,25). The quantitative estimate of drug-likeness (QED) is 0.566. The molecule has 0 fully saturated rings. The Morgan fingerprint density at radius 3 is 2.44 bits per heavy atom. The number of carbonyl (C=O) groups excluding carboxylic acids is 1. The lowest BCUT2D eigenvalue weighted by molar-refractivity contribution is 0.0827. The Hall–Kier alpha value is -2.53. The molecule has 0 atom stereocenters. The van der Waals surface area contributed by atoms with Crippen LogP contribution in [0.2, 0.25) is 5.02 Å². The summed E-state index contributed by atoms with van der Waals surface area (Å²) in [6, 6.07) is 15.4. The molecule has 0 aliphatic carbocycles. The Morgan fingerprint density at radius 2 is 1.81 bits per heavy atom. The summed E-state index contributed by atoms with van der Waals surface area (Å²) < 4.78 is 0. The Bertz CT molecular complexity index is 772. The smallest absolute Gasteiger partial charge is 0.253 e. The summed E-state index contributed by atoms with van der Waals surface area (Å²) in [5, 5.41) is 7.34. The third-order valence-corrected chi connectivity index (χ3v) is 4.20. The minimum absolute atomic E-state index is 0.000993. The van der Waals surface area contributed by atoms with Gasteiger partial charge in [0.15, 0.2) is 5.96 Å². The number of aliphatic imine (C=N–C) groups is 1. The predicted octanol–water partition coefficient (Wildman–Crippen LogP) is 3.34. The molecule has 6 heteroatoms. The number of carbonyl (C=O) groups is 1. The number of guanidine groups is 1. The van der Waals surface area contributed by atoms with Crippen molar-refractivity contribution >= 4 is 23.5 Å². The highest BCUT2D eigenvalue weighted by Gasteiger charge is 2.07. The number of halogens is 1. The van der Waals surface area contributed by atoms with E-state index in [0.29, 0.717) is 12.1 Å². The molecule has 5 nitrogen and oxygen atoms in total. The largest absolute Gasteiger partial charge is 0.357 e. The highest BCUT2D eigenvalue weighted by Crippen LogP contribution is 2.11. The second-order valence-electron chi connectivity index (χ2n) is 6.40. The third kappa shape index (κ3) is 6.94. The molecule has 27 heavy (non-hydrogen) atoms. The number of benzene rings is 2. The van der Waals surface area contributed by atoms with Crippen LogP contribution in [0.15, 0.2) is 53.5 Å².